The van der Waals surface area contributed by atoms with Gasteiger partial charge in [-0.1, -0.05) is 42.5 Å². The highest BCUT2D eigenvalue weighted by Gasteiger charge is 2.13. The molecule has 3 aromatic rings. The number of aryl methyl sites for hydroxylation is 1. The number of aliphatic carboxylic acids is 1. The third-order valence-electron chi connectivity index (χ3n) is 3.10. The molecule has 0 atom stereocenters. The molecule has 0 fully saturated rings. The molecule has 22 heavy (non-hydrogen) atoms. The van der Waals surface area contributed by atoms with Gasteiger partial charge >= 0.3 is 5.97 Å². The van der Waals surface area contributed by atoms with Crippen LogP contribution in [0, 0.1) is 6.92 Å². The van der Waals surface area contributed by atoms with E-state index in [-0.39, 0.29) is 4.91 Å². The van der Waals surface area contributed by atoms with Gasteiger partial charge in [0.15, 0.2) is 0 Å². The van der Waals surface area contributed by atoms with Gasteiger partial charge < -0.3 is 5.11 Å². The fourth-order valence-electron chi connectivity index (χ4n) is 2.12. The van der Waals surface area contributed by atoms with Gasteiger partial charge in [-0.2, -0.15) is 0 Å². The van der Waals surface area contributed by atoms with E-state index in [1.807, 2.05) is 42.5 Å². The molecule has 1 heterocycles. The maximum absolute atomic E-state index is 11.5. The molecule has 110 valence electrons. The standard InChI is InChI=1S/C16H13N3O2S/c1-10-17-16(19-18-10)22-14(15(20)21)9-12-7-4-6-11-5-2-3-8-13(11)12/h2-9H,1H3,(H,20,21)(H,17,18,19)/b14-9-. The Kier molecular flexibility index (Phi) is 3.93. The first-order valence-electron chi connectivity index (χ1n) is 6.63. The second-order valence-electron chi connectivity index (χ2n) is 4.69. The van der Waals surface area contributed by atoms with Crippen LogP contribution in [0.1, 0.15) is 11.4 Å². The van der Waals surface area contributed by atoms with Crippen LogP contribution in [0.4, 0.5) is 0 Å². The Labute approximate surface area is 131 Å². The number of rotatable bonds is 4. The van der Waals surface area contributed by atoms with E-state index in [1.54, 1.807) is 13.0 Å². The van der Waals surface area contributed by atoms with Crippen LogP contribution in [-0.2, 0) is 4.79 Å². The summed E-state index contributed by atoms with van der Waals surface area (Å²) in [5.74, 6) is -0.349. The molecular formula is C16H13N3O2S. The molecule has 0 aliphatic rings. The molecule has 0 radical (unpaired) electrons. The number of hydrogen-bond acceptors (Lipinski definition) is 4. The number of carboxylic acids is 1. The third-order valence-corrected chi connectivity index (χ3v) is 3.98. The lowest BCUT2D eigenvalue weighted by Crippen LogP contribution is -1.97. The van der Waals surface area contributed by atoms with E-state index < -0.39 is 5.97 Å². The molecule has 0 amide bonds. The molecule has 1 aromatic heterocycles. The van der Waals surface area contributed by atoms with Gasteiger partial charge in [0.25, 0.3) is 0 Å². The lowest BCUT2D eigenvalue weighted by atomic mass is 10.0. The van der Waals surface area contributed by atoms with Gasteiger partial charge in [-0.25, -0.2) is 9.78 Å². The van der Waals surface area contributed by atoms with Gasteiger partial charge in [0.05, 0.1) is 0 Å². The molecule has 3 rings (SSSR count). The number of aromatic nitrogens is 3. The Bertz CT molecular complexity index is 865. The Morgan fingerprint density at radius 1 is 1.23 bits per heavy atom. The molecule has 6 heteroatoms. The van der Waals surface area contributed by atoms with Crippen LogP contribution >= 0.6 is 11.8 Å². The molecule has 0 aliphatic heterocycles. The quantitative estimate of drug-likeness (QED) is 0.569. The van der Waals surface area contributed by atoms with Crippen molar-refractivity contribution in [1.29, 1.82) is 0 Å². The molecule has 0 saturated carbocycles. The molecule has 0 saturated heterocycles. The summed E-state index contributed by atoms with van der Waals surface area (Å²) in [4.78, 5) is 15.8. The highest BCUT2D eigenvalue weighted by molar-refractivity contribution is 8.04. The van der Waals surface area contributed by atoms with E-state index in [4.69, 9.17) is 0 Å². The number of carboxylic acid groups (broad SMARTS) is 1. The number of hydrogen-bond donors (Lipinski definition) is 2. The minimum absolute atomic E-state index is 0.176. The Hall–Kier alpha value is -2.60. The number of benzene rings is 2. The van der Waals surface area contributed by atoms with E-state index in [1.165, 1.54) is 0 Å². The van der Waals surface area contributed by atoms with E-state index >= 15 is 0 Å². The number of nitrogens with one attached hydrogen (secondary N) is 1. The Morgan fingerprint density at radius 2 is 2.00 bits per heavy atom. The number of fused-ring (bicyclic) bond motifs is 1. The van der Waals surface area contributed by atoms with Crippen molar-refractivity contribution >= 4 is 34.6 Å². The normalized spacial score (nSPS) is 11.8. The second-order valence-corrected chi connectivity index (χ2v) is 5.70. The van der Waals surface area contributed by atoms with E-state index in [9.17, 15) is 9.90 Å². The summed E-state index contributed by atoms with van der Waals surface area (Å²) in [5.41, 5.74) is 0.857. The van der Waals surface area contributed by atoms with Crippen molar-refractivity contribution < 1.29 is 9.90 Å². The summed E-state index contributed by atoms with van der Waals surface area (Å²) in [6.07, 6.45) is 1.65. The van der Waals surface area contributed by atoms with Crippen LogP contribution < -0.4 is 0 Å². The van der Waals surface area contributed by atoms with Gasteiger partial charge in [0.2, 0.25) is 5.16 Å². The summed E-state index contributed by atoms with van der Waals surface area (Å²) in [6.45, 7) is 1.77. The van der Waals surface area contributed by atoms with Crippen molar-refractivity contribution in [3.8, 4) is 0 Å². The van der Waals surface area contributed by atoms with Crippen LogP contribution in [0.25, 0.3) is 16.8 Å². The first-order chi connectivity index (χ1) is 10.6. The molecular weight excluding hydrogens is 298 g/mol. The smallest absolute Gasteiger partial charge is 0.342 e. The van der Waals surface area contributed by atoms with E-state index in [0.717, 1.165) is 28.1 Å². The highest BCUT2D eigenvalue weighted by atomic mass is 32.2. The van der Waals surface area contributed by atoms with Crippen LogP contribution in [0.5, 0.6) is 0 Å². The van der Waals surface area contributed by atoms with Crippen molar-refractivity contribution in [2.75, 3.05) is 0 Å². The van der Waals surface area contributed by atoms with Crippen molar-refractivity contribution in [3.63, 3.8) is 0 Å². The molecule has 0 unspecified atom stereocenters. The van der Waals surface area contributed by atoms with Gasteiger partial charge in [-0.15, -0.1) is 5.10 Å². The predicted molar refractivity (Wildman–Crippen MR) is 86.5 cm³/mol. The van der Waals surface area contributed by atoms with Gasteiger partial charge in [0.1, 0.15) is 10.7 Å². The summed E-state index contributed by atoms with van der Waals surface area (Å²) in [6, 6.07) is 13.7. The maximum atomic E-state index is 11.5. The first-order valence-corrected chi connectivity index (χ1v) is 7.45. The highest BCUT2D eigenvalue weighted by Crippen LogP contribution is 2.28. The summed E-state index contributed by atoms with van der Waals surface area (Å²) < 4.78 is 0. The lowest BCUT2D eigenvalue weighted by molar-refractivity contribution is -0.131. The average molecular weight is 311 g/mol. The Balaban J connectivity index is 2.03. The van der Waals surface area contributed by atoms with Gasteiger partial charge in [-0.3, -0.25) is 5.10 Å². The average Bonchev–Trinajstić information content (AvgIpc) is 2.92. The largest absolute Gasteiger partial charge is 0.477 e. The molecule has 0 aliphatic carbocycles. The summed E-state index contributed by atoms with van der Waals surface area (Å²) in [7, 11) is 0. The second kappa shape index (κ2) is 6.03. The SMILES string of the molecule is Cc1nc(S/C(=C\c2cccc3ccccc23)C(=O)O)n[nH]1. The third kappa shape index (κ3) is 3.01. The summed E-state index contributed by atoms with van der Waals surface area (Å²) in [5, 5.41) is 18.6. The molecule has 0 spiro atoms. The van der Waals surface area contributed by atoms with E-state index in [0.29, 0.717) is 11.0 Å². The maximum Gasteiger partial charge on any atom is 0.342 e. The minimum atomic E-state index is -1.000. The van der Waals surface area contributed by atoms with Crippen molar-refractivity contribution in [3.05, 3.63) is 58.8 Å². The minimum Gasteiger partial charge on any atom is -0.477 e. The van der Waals surface area contributed by atoms with E-state index in [2.05, 4.69) is 15.2 Å². The molecule has 2 N–H and O–H groups in total. The van der Waals surface area contributed by atoms with Crippen molar-refractivity contribution in [1.82, 2.24) is 15.2 Å². The number of nitrogens with zero attached hydrogens (tertiary/aromatic N) is 2. The number of carbonyl (C=O) groups is 1. The van der Waals surface area contributed by atoms with Crippen LogP contribution in [0.15, 0.2) is 52.5 Å². The van der Waals surface area contributed by atoms with Gasteiger partial charge in [-0.05, 0) is 41.1 Å². The van der Waals surface area contributed by atoms with Crippen molar-refractivity contribution in [2.24, 2.45) is 0 Å². The monoisotopic (exact) mass is 311 g/mol. The van der Waals surface area contributed by atoms with Crippen LogP contribution in [0.3, 0.4) is 0 Å². The number of aromatic amines is 1. The number of H-pyrrole nitrogens is 1. The fraction of sp³-hybridized carbons (Fsp3) is 0.0625. The first kappa shape index (κ1) is 14.3. The van der Waals surface area contributed by atoms with Crippen molar-refractivity contribution in [2.45, 2.75) is 12.1 Å². The zero-order valence-electron chi connectivity index (χ0n) is 11.8. The molecule has 5 nitrogen and oxygen atoms in total. The van der Waals surface area contributed by atoms with Crippen LogP contribution in [-0.4, -0.2) is 26.3 Å². The lowest BCUT2D eigenvalue weighted by Gasteiger charge is -2.04. The predicted octanol–water partition coefficient (Wildman–Crippen LogP) is 3.48. The fourth-order valence-corrected chi connectivity index (χ4v) is 2.86. The summed E-state index contributed by atoms with van der Waals surface area (Å²) >= 11 is 1.03. The van der Waals surface area contributed by atoms with Gasteiger partial charge in [0, 0.05) is 0 Å². The topological polar surface area (TPSA) is 78.9 Å². The van der Waals surface area contributed by atoms with Crippen LogP contribution in [0.2, 0.25) is 0 Å². The number of thioether (sulfide) groups is 1. The molecule has 0 bridgehead atoms. The Morgan fingerprint density at radius 3 is 2.73 bits per heavy atom. The molecule has 2 aromatic carbocycles. The zero-order chi connectivity index (χ0) is 15.5. The zero-order valence-corrected chi connectivity index (χ0v) is 12.6.